The predicted octanol–water partition coefficient (Wildman–Crippen LogP) is 13.9. The molecule has 0 fully saturated rings. The second-order valence-electron chi connectivity index (χ2n) is 14.4. The van der Waals surface area contributed by atoms with E-state index in [4.69, 9.17) is 19.4 Å². The topological polar surface area (TPSA) is 56.7 Å². The number of rotatable bonds is 5. The molecule has 0 saturated heterocycles. The Kier molecular flexibility index (Phi) is 7.03. The molecule has 266 valence electrons. The fourth-order valence-corrected chi connectivity index (χ4v) is 9.58. The lowest BCUT2D eigenvalue weighted by Crippen LogP contribution is -2.00. The normalized spacial score (nSPS) is 11.9. The Bertz CT molecular complexity index is 3530. The van der Waals surface area contributed by atoms with Crippen molar-refractivity contribution >= 4 is 75.3 Å². The van der Waals surface area contributed by atoms with Gasteiger partial charge in [0.05, 0.1) is 11.0 Å². The van der Waals surface area contributed by atoms with Crippen LogP contribution in [0.5, 0.6) is 0 Å². The van der Waals surface area contributed by atoms with Crippen LogP contribution in [0.4, 0.5) is 0 Å². The van der Waals surface area contributed by atoms with Crippen LogP contribution in [-0.2, 0) is 0 Å². The molecular weight excluding hydrogens is 717 g/mol. The molecule has 0 spiro atoms. The van der Waals surface area contributed by atoms with Gasteiger partial charge in [0.15, 0.2) is 17.5 Å². The molecule has 0 radical (unpaired) electrons. The highest BCUT2D eigenvalue weighted by atomic mass is 32.1. The summed E-state index contributed by atoms with van der Waals surface area (Å²) in [7, 11) is 0. The number of aromatic nitrogens is 4. The summed E-state index contributed by atoms with van der Waals surface area (Å²) in [6.45, 7) is 0. The predicted molar refractivity (Wildman–Crippen MR) is 236 cm³/mol. The van der Waals surface area contributed by atoms with Crippen LogP contribution in [0.25, 0.3) is 115 Å². The lowest BCUT2D eigenvalue weighted by molar-refractivity contribution is 0.668. The van der Waals surface area contributed by atoms with Gasteiger partial charge in [-0.15, -0.1) is 11.3 Å². The number of benzene rings is 8. The molecule has 4 aromatic heterocycles. The monoisotopic (exact) mass is 746 g/mol. The largest absolute Gasteiger partial charge is 0.456 e. The minimum absolute atomic E-state index is 0.597. The van der Waals surface area contributed by atoms with Crippen molar-refractivity contribution in [3.63, 3.8) is 0 Å². The first kappa shape index (κ1) is 31.9. The maximum atomic E-state index is 6.71. The van der Waals surface area contributed by atoms with E-state index in [-0.39, 0.29) is 0 Å². The molecule has 0 unspecified atom stereocenters. The van der Waals surface area contributed by atoms with Gasteiger partial charge in [0.1, 0.15) is 11.2 Å². The number of fused-ring (bicyclic) bond motifs is 9. The Labute approximate surface area is 330 Å². The third kappa shape index (κ3) is 5.12. The van der Waals surface area contributed by atoms with E-state index in [1.807, 2.05) is 30.3 Å². The quantitative estimate of drug-likeness (QED) is 0.176. The van der Waals surface area contributed by atoms with Gasteiger partial charge in [-0.2, -0.15) is 0 Å². The molecule has 4 heterocycles. The van der Waals surface area contributed by atoms with Gasteiger partial charge in [-0.1, -0.05) is 127 Å². The molecule has 12 aromatic rings. The van der Waals surface area contributed by atoms with E-state index < -0.39 is 0 Å². The van der Waals surface area contributed by atoms with Gasteiger partial charge >= 0.3 is 0 Å². The van der Waals surface area contributed by atoms with Crippen LogP contribution in [0.1, 0.15) is 0 Å². The van der Waals surface area contributed by atoms with Crippen LogP contribution in [0.15, 0.2) is 186 Å². The van der Waals surface area contributed by atoms with Crippen molar-refractivity contribution in [2.75, 3.05) is 0 Å². The van der Waals surface area contributed by atoms with E-state index in [1.165, 1.54) is 37.4 Å². The summed E-state index contributed by atoms with van der Waals surface area (Å²) in [6, 6.07) is 63.8. The number of hydrogen-bond acceptors (Lipinski definition) is 5. The molecule has 57 heavy (non-hydrogen) atoms. The lowest BCUT2D eigenvalue weighted by atomic mass is 10.0. The summed E-state index contributed by atoms with van der Waals surface area (Å²) in [5, 5.41) is 6.99. The summed E-state index contributed by atoms with van der Waals surface area (Å²) < 4.78 is 11.5. The lowest BCUT2D eigenvalue weighted by Gasteiger charge is -2.09. The Morgan fingerprint density at radius 2 is 1.00 bits per heavy atom. The van der Waals surface area contributed by atoms with E-state index in [1.54, 1.807) is 11.3 Å². The number of para-hydroxylation sites is 1. The zero-order chi connectivity index (χ0) is 37.5. The highest BCUT2D eigenvalue weighted by Crippen LogP contribution is 2.41. The zero-order valence-electron chi connectivity index (χ0n) is 30.4. The summed E-state index contributed by atoms with van der Waals surface area (Å²) in [5.41, 5.74) is 10.1. The number of nitrogens with zero attached hydrogens (tertiary/aromatic N) is 4. The first-order valence-electron chi connectivity index (χ1n) is 19.0. The number of thiophene rings is 1. The van der Waals surface area contributed by atoms with Crippen LogP contribution >= 0.6 is 11.3 Å². The van der Waals surface area contributed by atoms with Gasteiger partial charge in [-0.05, 0) is 59.7 Å². The fraction of sp³-hybridized carbons (Fsp3) is 0. The molecule has 0 aliphatic rings. The highest BCUT2D eigenvalue weighted by molar-refractivity contribution is 7.26. The fourth-order valence-electron chi connectivity index (χ4n) is 8.37. The standard InChI is InChI=1S/C51H30N4OS/c1-3-12-31(13-4-1)33-22-25-37-36-16-7-9-20-43(36)55(44(37)28-33)35-24-27-39-38-26-23-34(29-45(38)56-46(39)30-35)50-52-49(32-14-5-2-6-15-32)53-51(54-50)42-19-11-18-41-40-17-8-10-21-47(40)57-48(41)42/h1-30H. The average Bonchev–Trinajstić information content (AvgIpc) is 3.95. The molecule has 0 bridgehead atoms. The second-order valence-corrected chi connectivity index (χ2v) is 15.4. The average molecular weight is 747 g/mol. The van der Waals surface area contributed by atoms with Crippen molar-refractivity contribution in [1.82, 2.24) is 19.5 Å². The molecule has 5 nitrogen and oxygen atoms in total. The van der Waals surface area contributed by atoms with E-state index in [2.05, 4.69) is 156 Å². The van der Waals surface area contributed by atoms with Gasteiger partial charge in [0.25, 0.3) is 0 Å². The molecule has 12 rings (SSSR count). The maximum absolute atomic E-state index is 6.71. The second kappa shape index (κ2) is 12.6. The van der Waals surface area contributed by atoms with E-state index in [0.29, 0.717) is 17.5 Å². The number of furan rings is 1. The molecule has 0 saturated carbocycles. The summed E-state index contributed by atoms with van der Waals surface area (Å²) in [5.74, 6) is 1.87. The van der Waals surface area contributed by atoms with Crippen molar-refractivity contribution in [3.05, 3.63) is 182 Å². The van der Waals surface area contributed by atoms with Crippen molar-refractivity contribution in [2.24, 2.45) is 0 Å². The van der Waals surface area contributed by atoms with Gasteiger partial charge in [-0.25, -0.2) is 15.0 Å². The smallest absolute Gasteiger partial charge is 0.165 e. The Morgan fingerprint density at radius 3 is 1.84 bits per heavy atom. The third-order valence-corrected chi connectivity index (χ3v) is 12.3. The Hall–Kier alpha value is -7.41. The zero-order valence-corrected chi connectivity index (χ0v) is 31.2. The highest BCUT2D eigenvalue weighted by Gasteiger charge is 2.19. The van der Waals surface area contributed by atoms with Crippen LogP contribution in [-0.4, -0.2) is 19.5 Å². The Balaban J connectivity index is 1.01. The van der Waals surface area contributed by atoms with Gasteiger partial charge in [0, 0.05) is 70.2 Å². The van der Waals surface area contributed by atoms with Gasteiger partial charge in [-0.3, -0.25) is 0 Å². The Morgan fingerprint density at radius 1 is 0.386 bits per heavy atom. The minimum atomic E-state index is 0.597. The van der Waals surface area contributed by atoms with Crippen LogP contribution < -0.4 is 0 Å². The molecule has 0 atom stereocenters. The number of hydrogen-bond donors (Lipinski definition) is 0. The van der Waals surface area contributed by atoms with Crippen molar-refractivity contribution < 1.29 is 4.42 Å². The summed E-state index contributed by atoms with van der Waals surface area (Å²) in [6.07, 6.45) is 0. The first-order chi connectivity index (χ1) is 28.2. The van der Waals surface area contributed by atoms with Gasteiger partial charge < -0.3 is 8.98 Å². The summed E-state index contributed by atoms with van der Waals surface area (Å²) in [4.78, 5) is 15.3. The van der Waals surface area contributed by atoms with Crippen LogP contribution in [0, 0.1) is 0 Å². The molecule has 8 aromatic carbocycles. The SMILES string of the molecule is c1ccc(-c2ccc3c4ccccc4n(-c4ccc5c(c4)oc4cc(-c6nc(-c7ccccc7)nc(-c7cccc8c7sc7ccccc78)n6)ccc45)c3c2)cc1. The van der Waals surface area contributed by atoms with Crippen molar-refractivity contribution in [1.29, 1.82) is 0 Å². The van der Waals surface area contributed by atoms with Crippen LogP contribution in [0.2, 0.25) is 0 Å². The first-order valence-corrected chi connectivity index (χ1v) is 19.8. The molecule has 0 aliphatic heterocycles. The van der Waals surface area contributed by atoms with E-state index in [9.17, 15) is 0 Å². The molecule has 6 heteroatoms. The molecule has 0 amide bonds. The molecule has 0 aliphatic carbocycles. The van der Waals surface area contributed by atoms with E-state index in [0.717, 1.165) is 60.0 Å². The summed E-state index contributed by atoms with van der Waals surface area (Å²) >= 11 is 1.77. The van der Waals surface area contributed by atoms with Gasteiger partial charge in [0.2, 0.25) is 0 Å². The minimum Gasteiger partial charge on any atom is -0.456 e. The van der Waals surface area contributed by atoms with Crippen molar-refractivity contribution in [3.8, 4) is 51.0 Å². The van der Waals surface area contributed by atoms with Crippen molar-refractivity contribution in [2.45, 2.75) is 0 Å². The molecular formula is C51H30N4OS. The van der Waals surface area contributed by atoms with Crippen LogP contribution in [0.3, 0.4) is 0 Å². The third-order valence-electron chi connectivity index (χ3n) is 11.1. The van der Waals surface area contributed by atoms with E-state index >= 15 is 0 Å². The molecule has 0 N–H and O–H groups in total. The maximum Gasteiger partial charge on any atom is 0.165 e.